The Bertz CT molecular complexity index is 3540. The zero-order chi connectivity index (χ0) is 80.0. The fraction of sp³-hybridized carbons (Fsp3) is 0.390. The van der Waals surface area contributed by atoms with Crippen molar-refractivity contribution in [3.8, 4) is 0 Å². The van der Waals surface area contributed by atoms with Gasteiger partial charge in [-0.15, -0.1) is 45.3 Å². The SMILES string of the molecule is CC1=CC(C)=NC1.Cc1cc(C)n(C)n1.Cc1ccc(C)[nH]1.Cc1ccc(C)[nH]1.Cc1ccc(C)o1.Cc1ccc(C)s1.Cc1cnc(C)[nH]1.Cc1cnc(C)[nH]1.Cc1cnc(C)o1.Cc1cnc(C)s1.Cc1coc(C)c1.Cc1csc(C)c1.Cc1csc(C)n1.Cc1n[nH]c(C)n1.Cc1nccn1C. The van der Waals surface area contributed by atoms with Crippen LogP contribution in [0.1, 0.15) is 164 Å². The van der Waals surface area contributed by atoms with Crippen molar-refractivity contribution in [1.82, 2.24) is 79.4 Å². The number of allylic oxidation sites excluding steroid dienone is 1. The predicted octanol–water partition coefficient (Wildman–Crippen LogP) is 22.2. The minimum atomic E-state index is 0.734. The predicted molar refractivity (Wildman–Crippen MR) is 448 cm³/mol. The van der Waals surface area contributed by atoms with Gasteiger partial charge in [-0.25, -0.2) is 34.9 Å². The first-order chi connectivity index (χ1) is 49.7. The van der Waals surface area contributed by atoms with Crippen molar-refractivity contribution in [2.75, 3.05) is 6.54 Å². The Kier molecular flexibility index (Phi) is 46.6. The fourth-order valence-corrected chi connectivity index (χ4v) is 11.1. The van der Waals surface area contributed by atoms with Crippen molar-refractivity contribution < 1.29 is 13.3 Å². The van der Waals surface area contributed by atoms with Gasteiger partial charge in [-0.1, -0.05) is 5.57 Å². The van der Waals surface area contributed by atoms with Gasteiger partial charge in [0.2, 0.25) is 0 Å². The van der Waals surface area contributed by atoms with Gasteiger partial charge in [0, 0.05) is 128 Å². The van der Waals surface area contributed by atoms with Crippen molar-refractivity contribution in [3.05, 3.63) is 283 Å². The number of furan rings is 2. The number of imidazole rings is 3. The Morgan fingerprint density at radius 2 is 0.991 bits per heavy atom. The largest absolute Gasteiger partial charge is 0.469 e. The second-order valence-electron chi connectivity index (χ2n) is 25.3. The van der Waals surface area contributed by atoms with Crippen LogP contribution in [-0.4, -0.2) is 91.6 Å². The van der Waals surface area contributed by atoms with Gasteiger partial charge in [-0.05, 0) is 283 Å². The first-order valence-corrected chi connectivity index (χ1v) is 38.1. The Morgan fingerprint density at radius 1 is 0.434 bits per heavy atom. The second kappa shape index (κ2) is 52.4. The smallest absolute Gasteiger partial charge is 0.191 e. The molecule has 15 rings (SSSR count). The molecule has 20 nitrogen and oxygen atoms in total. The lowest BCUT2D eigenvalue weighted by Crippen LogP contribution is -1.91. The van der Waals surface area contributed by atoms with E-state index in [2.05, 4.69) is 182 Å². The van der Waals surface area contributed by atoms with E-state index in [1.54, 1.807) is 52.7 Å². The first-order valence-electron chi connectivity index (χ1n) is 34.7. The van der Waals surface area contributed by atoms with Crippen LogP contribution in [0.25, 0.3) is 0 Å². The summed E-state index contributed by atoms with van der Waals surface area (Å²) >= 11 is 7.07. The third kappa shape index (κ3) is 49.2. The molecule has 0 aliphatic carbocycles. The lowest BCUT2D eigenvalue weighted by molar-refractivity contribution is 0.494. The topological polar surface area (TPSA) is 257 Å². The van der Waals surface area contributed by atoms with Crippen LogP contribution >= 0.6 is 45.3 Å². The second-order valence-corrected chi connectivity index (χ2v) is 30.4. The van der Waals surface area contributed by atoms with E-state index in [0.717, 1.165) is 103 Å². The van der Waals surface area contributed by atoms with Gasteiger partial charge in [-0.3, -0.25) is 14.8 Å². The Hall–Kier alpha value is -9.62. The highest BCUT2D eigenvalue weighted by Crippen LogP contribution is 2.13. The summed E-state index contributed by atoms with van der Waals surface area (Å²) in [5.74, 6) is 9.26. The van der Waals surface area contributed by atoms with E-state index in [-0.39, 0.29) is 0 Å². The average Bonchev–Trinajstić information content (AvgIpc) is 1.77. The minimum absolute atomic E-state index is 0.734. The molecule has 14 aromatic rings. The van der Waals surface area contributed by atoms with Crippen LogP contribution in [0.4, 0.5) is 0 Å². The molecule has 0 aromatic carbocycles. The van der Waals surface area contributed by atoms with Crippen LogP contribution in [0.2, 0.25) is 0 Å². The van der Waals surface area contributed by atoms with Crippen molar-refractivity contribution >= 4 is 51.1 Å². The van der Waals surface area contributed by atoms with Crippen molar-refractivity contribution in [2.24, 2.45) is 19.1 Å². The first kappa shape index (κ1) is 94.4. The number of nitrogens with one attached hydrogen (secondary N) is 5. The molecule has 0 fully saturated rings. The van der Waals surface area contributed by atoms with Crippen LogP contribution in [0.5, 0.6) is 0 Å². The number of hydrogen-bond acceptors (Lipinski definition) is 17. The van der Waals surface area contributed by atoms with Gasteiger partial charge < -0.3 is 37.8 Å². The zero-order valence-electron chi connectivity index (χ0n) is 69.1. The molecule has 0 unspecified atom stereocenters. The maximum Gasteiger partial charge on any atom is 0.191 e. The van der Waals surface area contributed by atoms with Crippen molar-refractivity contribution in [2.45, 2.75) is 201 Å². The molecule has 576 valence electrons. The monoisotopic (exact) mass is 1520 g/mol. The van der Waals surface area contributed by atoms with Gasteiger partial charge in [0.05, 0.1) is 34.7 Å². The molecule has 106 heavy (non-hydrogen) atoms. The van der Waals surface area contributed by atoms with Crippen LogP contribution in [-0.2, 0) is 14.1 Å². The summed E-state index contributed by atoms with van der Waals surface area (Å²) < 4.78 is 18.9. The van der Waals surface area contributed by atoms with Gasteiger partial charge in [-0.2, -0.15) is 10.2 Å². The summed E-state index contributed by atoms with van der Waals surface area (Å²) in [6, 6.07) is 22.7. The summed E-state index contributed by atoms with van der Waals surface area (Å²) in [6.45, 7) is 58.9. The number of thiophene rings is 2. The molecule has 15 heterocycles. The molecule has 1 aliphatic rings. The fourth-order valence-electron chi connectivity index (χ4n) is 8.38. The van der Waals surface area contributed by atoms with E-state index in [1.165, 1.54) is 64.7 Å². The molecule has 0 saturated carbocycles. The van der Waals surface area contributed by atoms with Crippen molar-refractivity contribution in [3.63, 3.8) is 0 Å². The summed E-state index contributed by atoms with van der Waals surface area (Å²) in [5.41, 5.74) is 15.7. The van der Waals surface area contributed by atoms with E-state index in [4.69, 9.17) is 13.3 Å². The van der Waals surface area contributed by atoms with E-state index < -0.39 is 0 Å². The maximum absolute atomic E-state index is 5.08. The molecule has 0 radical (unpaired) electrons. The Balaban J connectivity index is 0.000000568. The van der Waals surface area contributed by atoms with E-state index in [0.29, 0.717) is 0 Å². The molecular formula is C82H121N17O3S4. The molecule has 0 spiro atoms. The Morgan fingerprint density at radius 3 is 1.11 bits per heavy atom. The summed E-state index contributed by atoms with van der Waals surface area (Å²) in [4.78, 5) is 49.8. The molecular weight excluding hydrogens is 1400 g/mol. The number of aromatic nitrogens is 16. The lowest BCUT2D eigenvalue weighted by atomic mass is 10.3. The highest BCUT2D eigenvalue weighted by atomic mass is 32.1. The summed E-state index contributed by atoms with van der Waals surface area (Å²) in [5, 5.41) is 17.1. The van der Waals surface area contributed by atoms with Crippen LogP contribution in [0, 0.1) is 187 Å². The van der Waals surface area contributed by atoms with Crippen LogP contribution < -0.4 is 0 Å². The highest BCUT2D eigenvalue weighted by Gasteiger charge is 1.97. The molecule has 0 bridgehead atoms. The van der Waals surface area contributed by atoms with E-state index in [9.17, 15) is 0 Å². The molecule has 1 aliphatic heterocycles. The van der Waals surface area contributed by atoms with Gasteiger partial charge in [0.25, 0.3) is 0 Å². The number of thiazole rings is 2. The number of nitrogens with zero attached hydrogens (tertiary/aromatic N) is 12. The number of H-pyrrole nitrogens is 5. The molecule has 0 atom stereocenters. The quantitative estimate of drug-likeness (QED) is 0.0950. The lowest BCUT2D eigenvalue weighted by Gasteiger charge is -1.87. The molecule has 14 aromatic heterocycles. The number of hydrogen-bond donors (Lipinski definition) is 5. The number of aliphatic imine (C=N–C) groups is 1. The summed E-state index contributed by atoms with van der Waals surface area (Å²) in [7, 11) is 3.92. The maximum atomic E-state index is 5.08. The Labute approximate surface area is 648 Å². The molecule has 5 N–H and O–H groups in total. The molecule has 0 saturated heterocycles. The van der Waals surface area contributed by atoms with Crippen LogP contribution in [0.15, 0.2) is 151 Å². The minimum Gasteiger partial charge on any atom is -0.469 e. The third-order valence-electron chi connectivity index (χ3n) is 13.3. The van der Waals surface area contributed by atoms with E-state index >= 15 is 0 Å². The van der Waals surface area contributed by atoms with Gasteiger partial charge >= 0.3 is 0 Å². The highest BCUT2D eigenvalue weighted by molar-refractivity contribution is 7.12. The van der Waals surface area contributed by atoms with Gasteiger partial charge in [0.1, 0.15) is 52.2 Å². The molecule has 24 heteroatoms. The third-order valence-corrected chi connectivity index (χ3v) is 17.0. The number of rotatable bonds is 0. The normalized spacial score (nSPS) is 10.1. The number of aryl methyl sites for hydroxylation is 29. The van der Waals surface area contributed by atoms with Crippen molar-refractivity contribution in [1.29, 1.82) is 0 Å². The zero-order valence-corrected chi connectivity index (χ0v) is 72.3. The number of aromatic amines is 5. The van der Waals surface area contributed by atoms with Gasteiger partial charge in [0.15, 0.2) is 5.89 Å². The molecule has 0 amide bonds. The average molecular weight is 1520 g/mol. The number of oxazole rings is 1. The standard InChI is InChI=1S/C6H10N2.3C6H9N.2C6H8O.2C6H8S.3C5H8N2.C5H7NO.2C5H7NS.C4H7N3/c1-5-4-6(2)8(3)7-5;1-5-3-6(2)7-4-5;2*1-5-3-4-6(2)7-5;1-5-3-6(2)7-4-5;1-5-3-4-6(2)7-5;1-5-3-6(2)7-4-5;1-5-3-4-6(2)7-5;1-5-6-3-4-7(5)2;3*1-4-3-6-5(2)7-4;1-4-3-7-5(2)6-4;1-4-3-6-5(2)7-4;1-3-5-4(2)7-6-3/h4H,1-3H3;3H,4H2,1-2H3;2*3-4,7H,1-2H3;5*3-4H,1-2H3;2*3H,1-2H3,(H,6,7);3*3H,1-2H3;1-2H3,(H,5,6,7). The van der Waals surface area contributed by atoms with Crippen LogP contribution in [0.3, 0.4) is 0 Å². The van der Waals surface area contributed by atoms with E-state index in [1.807, 2.05) is 237 Å². The summed E-state index contributed by atoms with van der Waals surface area (Å²) in [6.07, 6.45) is 14.8.